The monoisotopic (exact) mass is 514 g/mol. The first-order valence-corrected chi connectivity index (χ1v) is 12.2. The summed E-state index contributed by atoms with van der Waals surface area (Å²) in [5.74, 6) is 2.76. The predicted molar refractivity (Wildman–Crippen MR) is 140 cm³/mol. The molecule has 0 N–H and O–H groups in total. The van der Waals surface area contributed by atoms with Gasteiger partial charge in [0.2, 0.25) is 4.96 Å². The number of hydrogen-bond acceptors (Lipinski definition) is 9. The van der Waals surface area contributed by atoms with Crippen molar-refractivity contribution in [3.63, 3.8) is 0 Å². The van der Waals surface area contributed by atoms with Gasteiger partial charge in [0.25, 0.3) is 5.19 Å². The van der Waals surface area contributed by atoms with Gasteiger partial charge in [0.05, 0.1) is 33.7 Å². The number of hydrogen-bond donors (Lipinski definition) is 0. The van der Waals surface area contributed by atoms with Crippen molar-refractivity contribution in [2.24, 2.45) is 0 Å². The number of methoxy groups -OCH3 is 3. The first kappa shape index (κ1) is 22.9. The van der Waals surface area contributed by atoms with E-state index in [1.54, 1.807) is 38.2 Å². The molecule has 0 amide bonds. The number of ether oxygens (including phenoxy) is 4. The van der Waals surface area contributed by atoms with Crippen LogP contribution in [0.3, 0.4) is 0 Å². The number of benzene rings is 2. The fraction of sp³-hybridized carbons (Fsp3) is 0.148. The molecule has 0 aliphatic rings. The van der Waals surface area contributed by atoms with E-state index in [0.717, 1.165) is 32.8 Å². The molecular weight excluding hydrogens is 492 g/mol. The molecule has 4 heterocycles. The quantitative estimate of drug-likeness (QED) is 0.249. The van der Waals surface area contributed by atoms with E-state index >= 15 is 0 Å². The number of aromatic nitrogens is 4. The third-order valence-electron chi connectivity index (χ3n) is 5.91. The van der Waals surface area contributed by atoms with Crippen LogP contribution < -0.4 is 18.9 Å². The molecule has 0 aliphatic carbocycles. The van der Waals surface area contributed by atoms with Crippen molar-refractivity contribution < 1.29 is 23.4 Å². The second kappa shape index (κ2) is 9.47. The van der Waals surface area contributed by atoms with Crippen LogP contribution in [0.25, 0.3) is 38.5 Å². The molecule has 6 aromatic rings. The summed E-state index contributed by atoms with van der Waals surface area (Å²) in [5.41, 5.74) is 4.25. The molecule has 0 spiro atoms. The first-order chi connectivity index (χ1) is 18.1. The molecule has 0 radical (unpaired) electrons. The maximum Gasteiger partial charge on any atom is 0.294 e. The van der Waals surface area contributed by atoms with Crippen molar-refractivity contribution >= 4 is 27.3 Å². The lowest BCUT2D eigenvalue weighted by Crippen LogP contribution is -1.98. The van der Waals surface area contributed by atoms with Gasteiger partial charge in [0.15, 0.2) is 5.76 Å². The van der Waals surface area contributed by atoms with Gasteiger partial charge in [-0.2, -0.15) is 0 Å². The molecule has 0 aliphatic heterocycles. The third kappa shape index (κ3) is 4.43. The van der Waals surface area contributed by atoms with Crippen LogP contribution in [0.2, 0.25) is 0 Å². The van der Waals surface area contributed by atoms with E-state index in [1.165, 1.54) is 11.3 Å². The van der Waals surface area contributed by atoms with Crippen LogP contribution in [0.5, 0.6) is 22.4 Å². The number of rotatable bonds is 8. The Bertz CT molecular complexity index is 1670. The second-order valence-corrected chi connectivity index (χ2v) is 9.08. The van der Waals surface area contributed by atoms with Crippen LogP contribution in [-0.4, -0.2) is 40.9 Å². The van der Waals surface area contributed by atoms with Crippen molar-refractivity contribution in [3.05, 3.63) is 72.7 Å². The Morgan fingerprint density at radius 2 is 1.70 bits per heavy atom. The molecule has 4 aromatic heterocycles. The summed E-state index contributed by atoms with van der Waals surface area (Å²) >= 11 is 1.36. The summed E-state index contributed by atoms with van der Waals surface area (Å²) in [4.78, 5) is 9.71. The maximum absolute atomic E-state index is 6.16. The molecule has 0 saturated heterocycles. The normalized spacial score (nSPS) is 11.2. The molecule has 37 heavy (non-hydrogen) atoms. The molecule has 0 fully saturated rings. The van der Waals surface area contributed by atoms with Crippen LogP contribution in [0, 0.1) is 0 Å². The SMILES string of the molecule is COc1ccc(-c2cncc(OCc3cc(OC)cc4oc(-c5cn6nc(OC)sc6n5)cc34)c2)cc1. The number of fused-ring (bicyclic) bond motifs is 2. The summed E-state index contributed by atoms with van der Waals surface area (Å²) in [6.45, 7) is 0.303. The Kier molecular flexibility index (Phi) is 5.85. The summed E-state index contributed by atoms with van der Waals surface area (Å²) in [6.07, 6.45) is 5.32. The summed E-state index contributed by atoms with van der Waals surface area (Å²) in [7, 11) is 4.86. The Morgan fingerprint density at radius 3 is 2.46 bits per heavy atom. The number of pyridine rings is 1. The molecular formula is C27H22N4O5S. The van der Waals surface area contributed by atoms with Crippen LogP contribution in [0.15, 0.2) is 71.5 Å². The number of nitrogens with zero attached hydrogens (tertiary/aromatic N) is 4. The first-order valence-electron chi connectivity index (χ1n) is 11.4. The van der Waals surface area contributed by atoms with E-state index in [2.05, 4.69) is 15.1 Å². The highest BCUT2D eigenvalue weighted by molar-refractivity contribution is 7.18. The Balaban J connectivity index is 1.28. The molecule has 186 valence electrons. The van der Waals surface area contributed by atoms with E-state index in [-0.39, 0.29) is 0 Å². The van der Waals surface area contributed by atoms with Gasteiger partial charge in [0, 0.05) is 28.8 Å². The van der Waals surface area contributed by atoms with Crippen molar-refractivity contribution in [1.82, 2.24) is 19.6 Å². The Morgan fingerprint density at radius 1 is 0.865 bits per heavy atom. The van der Waals surface area contributed by atoms with Gasteiger partial charge in [-0.1, -0.05) is 12.1 Å². The number of furan rings is 1. The molecule has 0 saturated carbocycles. The van der Waals surface area contributed by atoms with E-state index in [0.29, 0.717) is 40.3 Å². The van der Waals surface area contributed by atoms with Gasteiger partial charge in [0.1, 0.15) is 35.1 Å². The zero-order chi connectivity index (χ0) is 25.4. The van der Waals surface area contributed by atoms with Crippen LogP contribution >= 0.6 is 11.3 Å². The molecule has 0 bridgehead atoms. The minimum absolute atomic E-state index is 0.303. The lowest BCUT2D eigenvalue weighted by Gasteiger charge is -2.10. The highest BCUT2D eigenvalue weighted by Crippen LogP contribution is 2.34. The highest BCUT2D eigenvalue weighted by Gasteiger charge is 2.17. The largest absolute Gasteiger partial charge is 0.497 e. The molecule has 0 unspecified atom stereocenters. The van der Waals surface area contributed by atoms with Crippen molar-refractivity contribution in [2.45, 2.75) is 6.61 Å². The van der Waals surface area contributed by atoms with E-state index in [4.69, 9.17) is 23.4 Å². The van der Waals surface area contributed by atoms with Crippen LogP contribution in [0.4, 0.5) is 0 Å². The van der Waals surface area contributed by atoms with Crippen LogP contribution in [-0.2, 0) is 6.61 Å². The van der Waals surface area contributed by atoms with E-state index in [1.807, 2.05) is 54.7 Å². The maximum atomic E-state index is 6.16. The van der Waals surface area contributed by atoms with Gasteiger partial charge in [-0.05, 0) is 47.2 Å². The molecule has 0 atom stereocenters. The number of imidazole rings is 1. The van der Waals surface area contributed by atoms with E-state index < -0.39 is 0 Å². The Labute approximate surface area is 215 Å². The zero-order valence-corrected chi connectivity index (χ0v) is 21.1. The van der Waals surface area contributed by atoms with Crippen LogP contribution in [0.1, 0.15) is 5.56 Å². The average Bonchev–Trinajstić information content (AvgIpc) is 3.65. The Hall–Kier alpha value is -4.57. The molecule has 2 aromatic carbocycles. The second-order valence-electron chi connectivity index (χ2n) is 8.16. The highest BCUT2D eigenvalue weighted by atomic mass is 32.1. The fourth-order valence-corrected chi connectivity index (χ4v) is 4.73. The third-order valence-corrected chi connectivity index (χ3v) is 6.80. The average molecular weight is 515 g/mol. The van der Waals surface area contributed by atoms with Crippen molar-refractivity contribution in [1.29, 1.82) is 0 Å². The van der Waals surface area contributed by atoms with Gasteiger partial charge in [-0.25, -0.2) is 9.50 Å². The topological polar surface area (TPSA) is 93.1 Å². The zero-order valence-electron chi connectivity index (χ0n) is 20.3. The fourth-order valence-electron chi connectivity index (χ4n) is 4.03. The smallest absolute Gasteiger partial charge is 0.294 e. The minimum Gasteiger partial charge on any atom is -0.497 e. The lowest BCUT2D eigenvalue weighted by atomic mass is 10.1. The molecule has 6 rings (SSSR count). The van der Waals surface area contributed by atoms with E-state index in [9.17, 15) is 0 Å². The minimum atomic E-state index is 0.303. The van der Waals surface area contributed by atoms with Gasteiger partial charge >= 0.3 is 0 Å². The van der Waals surface area contributed by atoms with Gasteiger partial charge in [-0.15, -0.1) is 5.10 Å². The predicted octanol–water partition coefficient (Wildman–Crippen LogP) is 5.87. The van der Waals surface area contributed by atoms with Gasteiger partial charge < -0.3 is 23.4 Å². The summed E-state index contributed by atoms with van der Waals surface area (Å²) in [5, 5.41) is 5.80. The standard InChI is InChI=1S/C27H22N4O5S/c1-32-19-6-4-16(5-7-19)17-8-21(13-28-12-17)35-15-18-9-20(33-2)10-24-22(18)11-25(36-24)23-14-31-26(29-23)37-27(30-31)34-3/h4-14H,15H2,1-3H3. The lowest BCUT2D eigenvalue weighted by molar-refractivity contribution is 0.305. The van der Waals surface area contributed by atoms with Crippen molar-refractivity contribution in [3.8, 4) is 45.0 Å². The summed E-state index contributed by atoms with van der Waals surface area (Å²) in [6, 6.07) is 15.5. The van der Waals surface area contributed by atoms with Crippen molar-refractivity contribution in [2.75, 3.05) is 21.3 Å². The van der Waals surface area contributed by atoms with Gasteiger partial charge in [-0.3, -0.25) is 4.98 Å². The molecule has 9 nitrogen and oxygen atoms in total. The molecule has 10 heteroatoms. The summed E-state index contributed by atoms with van der Waals surface area (Å²) < 4.78 is 29.9.